The number of rotatable bonds is 2. The van der Waals surface area contributed by atoms with Crippen LogP contribution in [0.4, 0.5) is 10.7 Å². The molecule has 2 saturated heterocycles. The summed E-state index contributed by atoms with van der Waals surface area (Å²) in [6.45, 7) is 7.29. The second kappa shape index (κ2) is 7.69. The summed E-state index contributed by atoms with van der Waals surface area (Å²) in [5, 5.41) is 1.05. The first kappa shape index (κ1) is 19.9. The summed E-state index contributed by atoms with van der Waals surface area (Å²) in [4.78, 5) is 31.9. The highest BCUT2D eigenvalue weighted by molar-refractivity contribution is 5.97. The van der Waals surface area contributed by atoms with Crippen molar-refractivity contribution < 1.29 is 4.79 Å². The van der Waals surface area contributed by atoms with Gasteiger partial charge in [-0.15, -0.1) is 0 Å². The van der Waals surface area contributed by atoms with E-state index in [0.717, 1.165) is 65.8 Å². The standard InChI is InChI=1S/C26H26N6O/c1-17-11-18(2)29-25(28-17)30-13-20-15-31(16-21(20)14-30)26(33)32-23-9-4-3-7-19(23)12-24(32)22-8-5-6-10-27-22/h3-12,20-21H,13-16H2,1-2H3/t20-,21+. The van der Waals surface area contributed by atoms with Crippen LogP contribution in [-0.4, -0.2) is 56.6 Å². The maximum atomic E-state index is 13.8. The predicted molar refractivity (Wildman–Crippen MR) is 128 cm³/mol. The third kappa shape index (κ3) is 3.44. The maximum Gasteiger partial charge on any atom is 0.329 e. The molecule has 7 nitrogen and oxygen atoms in total. The van der Waals surface area contributed by atoms with Gasteiger partial charge in [0.1, 0.15) is 0 Å². The number of hydrogen-bond donors (Lipinski definition) is 0. The minimum Gasteiger partial charge on any atom is -0.340 e. The quantitative estimate of drug-likeness (QED) is 0.470. The van der Waals surface area contributed by atoms with E-state index in [0.29, 0.717) is 11.8 Å². The van der Waals surface area contributed by atoms with Crippen LogP contribution in [-0.2, 0) is 0 Å². The lowest BCUT2D eigenvalue weighted by molar-refractivity contribution is 0.209. The van der Waals surface area contributed by atoms with Crippen molar-refractivity contribution in [1.82, 2.24) is 24.4 Å². The lowest BCUT2D eigenvalue weighted by atomic mass is 10.0. The van der Waals surface area contributed by atoms with Gasteiger partial charge in [-0.05, 0) is 44.2 Å². The molecule has 2 atom stereocenters. The van der Waals surface area contributed by atoms with Crippen molar-refractivity contribution in [2.24, 2.45) is 11.8 Å². The van der Waals surface area contributed by atoms with Gasteiger partial charge in [0.15, 0.2) is 0 Å². The number of fused-ring (bicyclic) bond motifs is 2. The zero-order chi connectivity index (χ0) is 22.5. The fourth-order valence-electron chi connectivity index (χ4n) is 5.37. The third-order valence-corrected chi connectivity index (χ3v) is 6.84. The van der Waals surface area contributed by atoms with Gasteiger partial charge in [-0.1, -0.05) is 24.3 Å². The van der Waals surface area contributed by atoms with Gasteiger partial charge >= 0.3 is 6.03 Å². The van der Waals surface area contributed by atoms with Gasteiger partial charge in [0.25, 0.3) is 0 Å². The number of likely N-dealkylation sites (tertiary alicyclic amines) is 1. The molecule has 0 spiro atoms. The van der Waals surface area contributed by atoms with E-state index in [9.17, 15) is 4.79 Å². The van der Waals surface area contributed by atoms with Crippen molar-refractivity contribution in [1.29, 1.82) is 0 Å². The number of anilines is 1. The number of amides is 1. The number of hydrogen-bond acceptors (Lipinski definition) is 5. The average Bonchev–Trinajstić information content (AvgIpc) is 3.50. The Morgan fingerprint density at radius 3 is 2.27 bits per heavy atom. The van der Waals surface area contributed by atoms with E-state index in [1.807, 2.05) is 71.8 Å². The molecule has 0 unspecified atom stereocenters. The molecule has 1 amide bonds. The normalized spacial score (nSPS) is 19.9. The highest BCUT2D eigenvalue weighted by Crippen LogP contribution is 2.35. The van der Waals surface area contributed by atoms with E-state index in [4.69, 9.17) is 0 Å². The molecule has 0 saturated carbocycles. The van der Waals surface area contributed by atoms with Crippen LogP contribution < -0.4 is 4.90 Å². The number of nitrogens with zero attached hydrogens (tertiary/aromatic N) is 6. The Morgan fingerprint density at radius 1 is 0.879 bits per heavy atom. The Bertz CT molecular complexity index is 1310. The molecule has 0 aliphatic carbocycles. The zero-order valence-electron chi connectivity index (χ0n) is 18.8. The molecule has 2 fully saturated rings. The van der Waals surface area contributed by atoms with Gasteiger partial charge < -0.3 is 9.80 Å². The molecule has 0 bridgehead atoms. The molecular weight excluding hydrogens is 412 g/mol. The predicted octanol–water partition coefficient (Wildman–Crippen LogP) is 4.15. The van der Waals surface area contributed by atoms with Gasteiger partial charge in [0.2, 0.25) is 5.95 Å². The maximum absolute atomic E-state index is 13.8. The molecule has 7 heteroatoms. The summed E-state index contributed by atoms with van der Waals surface area (Å²) in [5.41, 5.74) is 4.55. The second-order valence-electron chi connectivity index (χ2n) is 9.20. The minimum absolute atomic E-state index is 0.0282. The van der Waals surface area contributed by atoms with Gasteiger partial charge in [-0.2, -0.15) is 0 Å². The van der Waals surface area contributed by atoms with Crippen LogP contribution in [0.1, 0.15) is 11.4 Å². The van der Waals surface area contributed by atoms with Crippen LogP contribution >= 0.6 is 0 Å². The number of para-hydroxylation sites is 1. The van der Waals surface area contributed by atoms with Crippen LogP contribution in [0.3, 0.4) is 0 Å². The molecule has 1 aromatic carbocycles. The molecule has 2 aliphatic rings. The van der Waals surface area contributed by atoms with Crippen LogP contribution in [0, 0.1) is 25.7 Å². The SMILES string of the molecule is Cc1cc(C)nc(N2C[C@H]3CN(C(=O)n4c(-c5ccccn5)cc5ccccc54)C[C@H]3C2)n1. The molecule has 0 radical (unpaired) electrons. The van der Waals surface area contributed by atoms with Crippen molar-refractivity contribution >= 4 is 22.9 Å². The zero-order valence-corrected chi connectivity index (χ0v) is 18.8. The Kier molecular flexibility index (Phi) is 4.64. The van der Waals surface area contributed by atoms with Crippen molar-refractivity contribution in [3.8, 4) is 11.4 Å². The lowest BCUT2D eigenvalue weighted by Gasteiger charge is -2.23. The Hall–Kier alpha value is -3.74. The van der Waals surface area contributed by atoms with Crippen molar-refractivity contribution in [2.45, 2.75) is 13.8 Å². The summed E-state index contributed by atoms with van der Waals surface area (Å²) in [7, 11) is 0. The van der Waals surface area contributed by atoms with Crippen molar-refractivity contribution in [2.75, 3.05) is 31.1 Å². The van der Waals surface area contributed by atoms with E-state index in [-0.39, 0.29) is 6.03 Å². The number of benzene rings is 1. The molecule has 5 heterocycles. The molecule has 33 heavy (non-hydrogen) atoms. The van der Waals surface area contributed by atoms with Crippen molar-refractivity contribution in [3.63, 3.8) is 0 Å². The Balaban J connectivity index is 1.27. The van der Waals surface area contributed by atoms with E-state index >= 15 is 0 Å². The van der Waals surface area contributed by atoms with Gasteiger partial charge in [0, 0.05) is 61.0 Å². The van der Waals surface area contributed by atoms with Gasteiger partial charge in [0.05, 0.1) is 16.9 Å². The molecule has 2 aliphatic heterocycles. The highest BCUT2D eigenvalue weighted by Gasteiger charge is 2.43. The average molecular weight is 439 g/mol. The molecule has 6 rings (SSSR count). The first-order valence-corrected chi connectivity index (χ1v) is 11.5. The number of aromatic nitrogens is 4. The monoisotopic (exact) mass is 438 g/mol. The lowest BCUT2D eigenvalue weighted by Crippen LogP contribution is -2.36. The number of pyridine rings is 1. The second-order valence-corrected chi connectivity index (χ2v) is 9.20. The number of aryl methyl sites for hydroxylation is 2. The smallest absolute Gasteiger partial charge is 0.329 e. The first-order valence-electron chi connectivity index (χ1n) is 11.5. The Morgan fingerprint density at radius 2 is 1.58 bits per heavy atom. The minimum atomic E-state index is 0.0282. The molecular formula is C26H26N6O. The topological polar surface area (TPSA) is 67.2 Å². The summed E-state index contributed by atoms with van der Waals surface area (Å²) < 4.78 is 1.84. The molecule has 3 aromatic heterocycles. The van der Waals surface area contributed by atoms with Crippen LogP contribution in [0.2, 0.25) is 0 Å². The first-order chi connectivity index (χ1) is 16.1. The molecule has 4 aromatic rings. The van der Waals surface area contributed by atoms with Crippen molar-refractivity contribution in [3.05, 3.63) is 72.2 Å². The van der Waals surface area contributed by atoms with Crippen LogP contribution in [0.5, 0.6) is 0 Å². The number of carbonyl (C=O) groups excluding carboxylic acids is 1. The largest absolute Gasteiger partial charge is 0.340 e. The highest BCUT2D eigenvalue weighted by atomic mass is 16.2. The van der Waals surface area contributed by atoms with E-state index in [1.165, 1.54) is 0 Å². The third-order valence-electron chi connectivity index (χ3n) is 6.84. The fraction of sp³-hybridized carbons (Fsp3) is 0.308. The van der Waals surface area contributed by atoms with E-state index in [1.54, 1.807) is 6.20 Å². The summed E-state index contributed by atoms with van der Waals surface area (Å²) in [6, 6.07) is 17.9. The molecule has 0 N–H and O–H groups in total. The van der Waals surface area contributed by atoms with Crippen LogP contribution in [0.15, 0.2) is 60.8 Å². The van der Waals surface area contributed by atoms with Gasteiger partial charge in [-0.25, -0.2) is 14.8 Å². The molecule has 166 valence electrons. The number of carbonyl (C=O) groups is 1. The van der Waals surface area contributed by atoms with Crippen LogP contribution in [0.25, 0.3) is 22.3 Å². The van der Waals surface area contributed by atoms with Gasteiger partial charge in [-0.3, -0.25) is 9.55 Å². The van der Waals surface area contributed by atoms with E-state index in [2.05, 4.69) is 25.9 Å². The van der Waals surface area contributed by atoms with E-state index < -0.39 is 0 Å². The summed E-state index contributed by atoms with van der Waals surface area (Å²) in [5.74, 6) is 1.67. The summed E-state index contributed by atoms with van der Waals surface area (Å²) >= 11 is 0. The summed E-state index contributed by atoms with van der Waals surface area (Å²) in [6.07, 6.45) is 1.77. The Labute approximate surface area is 192 Å². The fourth-order valence-corrected chi connectivity index (χ4v) is 5.37.